The molecule has 0 bridgehead atoms. The topological polar surface area (TPSA) is 62.3 Å². The Balaban J connectivity index is 1.78. The average molecular weight is 345 g/mol. The van der Waals surface area contributed by atoms with E-state index in [0.29, 0.717) is 13.1 Å². The lowest BCUT2D eigenvalue weighted by atomic mass is 10.0. The summed E-state index contributed by atoms with van der Waals surface area (Å²) in [7, 11) is -3.15. The Hall–Kier alpha value is -1.76. The molecule has 1 fully saturated rings. The first kappa shape index (κ1) is 17.1. The molecule has 1 aliphatic rings. The minimum absolute atomic E-state index is 0.00919. The van der Waals surface area contributed by atoms with Gasteiger partial charge in [0.25, 0.3) is 0 Å². The van der Waals surface area contributed by atoms with Crippen LogP contribution in [-0.2, 0) is 10.0 Å². The fraction of sp³-hybridized carbons (Fsp3) is 0.389. The lowest BCUT2D eigenvalue weighted by molar-refractivity contribution is 0.366. The molecule has 3 rings (SSSR count). The van der Waals surface area contributed by atoms with E-state index in [0.717, 1.165) is 24.1 Å². The highest BCUT2D eigenvalue weighted by molar-refractivity contribution is 7.88. The minimum atomic E-state index is -3.15. The molecular weight excluding hydrogens is 322 g/mol. The molecule has 1 aliphatic heterocycles. The van der Waals surface area contributed by atoms with Crippen LogP contribution in [0.15, 0.2) is 54.7 Å². The Morgan fingerprint density at radius 2 is 1.96 bits per heavy atom. The molecule has 24 heavy (non-hydrogen) atoms. The van der Waals surface area contributed by atoms with Crippen LogP contribution >= 0.6 is 0 Å². The molecule has 2 atom stereocenters. The number of nitrogens with one attached hydrogen (secondary N) is 1. The summed E-state index contributed by atoms with van der Waals surface area (Å²) in [5.74, 6) is 0. The lowest BCUT2D eigenvalue weighted by Gasteiger charge is -2.26. The van der Waals surface area contributed by atoms with Crippen LogP contribution in [0.5, 0.6) is 0 Å². The molecule has 0 aliphatic carbocycles. The van der Waals surface area contributed by atoms with Crippen molar-refractivity contribution in [2.45, 2.75) is 24.9 Å². The monoisotopic (exact) mass is 345 g/mol. The summed E-state index contributed by atoms with van der Waals surface area (Å²) in [6.45, 7) is 1.23. The van der Waals surface area contributed by atoms with Crippen LogP contribution in [-0.4, -0.2) is 43.1 Å². The highest BCUT2D eigenvalue weighted by Crippen LogP contribution is 2.23. The van der Waals surface area contributed by atoms with E-state index in [1.807, 2.05) is 36.4 Å². The Morgan fingerprint density at radius 3 is 2.62 bits per heavy atom. The van der Waals surface area contributed by atoms with Gasteiger partial charge >= 0.3 is 0 Å². The second-order valence-electron chi connectivity index (χ2n) is 6.18. The van der Waals surface area contributed by atoms with E-state index in [-0.39, 0.29) is 12.1 Å². The molecule has 6 heteroatoms. The first-order valence-corrected chi connectivity index (χ1v) is 10.1. The first-order valence-electron chi connectivity index (χ1n) is 8.22. The van der Waals surface area contributed by atoms with Crippen LogP contribution in [0.1, 0.15) is 30.1 Å². The number of hydrogen-bond acceptors (Lipinski definition) is 4. The zero-order chi connectivity index (χ0) is 17.0. The van der Waals surface area contributed by atoms with Crippen molar-refractivity contribution in [2.24, 2.45) is 0 Å². The molecule has 128 valence electrons. The molecule has 2 heterocycles. The van der Waals surface area contributed by atoms with Gasteiger partial charge in [-0.25, -0.2) is 8.42 Å². The molecule has 0 saturated carbocycles. The maximum absolute atomic E-state index is 11.9. The minimum Gasteiger partial charge on any atom is -0.303 e. The average Bonchev–Trinajstić information content (AvgIpc) is 3.06. The maximum atomic E-state index is 11.9. The summed E-state index contributed by atoms with van der Waals surface area (Å²) >= 11 is 0. The van der Waals surface area contributed by atoms with Gasteiger partial charge in [0, 0.05) is 25.3 Å². The van der Waals surface area contributed by atoms with Crippen LogP contribution in [0, 0.1) is 0 Å². The molecule has 0 spiro atoms. The van der Waals surface area contributed by atoms with Gasteiger partial charge in [-0.2, -0.15) is 4.31 Å². The van der Waals surface area contributed by atoms with Crippen LogP contribution in [0.2, 0.25) is 0 Å². The van der Waals surface area contributed by atoms with Crippen molar-refractivity contribution in [3.63, 3.8) is 0 Å². The SMILES string of the molecule is CS(=O)(=O)N1CCC[C@@H]1CN[C@H](c1ccccc1)c1ccccn1. The lowest BCUT2D eigenvalue weighted by Crippen LogP contribution is -2.42. The number of pyridine rings is 1. The number of nitrogens with zero attached hydrogens (tertiary/aromatic N) is 2. The van der Waals surface area contributed by atoms with Gasteiger partial charge in [-0.1, -0.05) is 36.4 Å². The molecule has 1 aromatic carbocycles. The van der Waals surface area contributed by atoms with Crippen molar-refractivity contribution in [1.82, 2.24) is 14.6 Å². The molecule has 1 aromatic heterocycles. The zero-order valence-corrected chi connectivity index (χ0v) is 14.6. The number of benzene rings is 1. The maximum Gasteiger partial charge on any atom is 0.211 e. The normalized spacial score (nSPS) is 20.1. The van der Waals surface area contributed by atoms with Gasteiger partial charge in [-0.15, -0.1) is 0 Å². The molecule has 0 radical (unpaired) electrons. The van der Waals surface area contributed by atoms with Crippen molar-refractivity contribution >= 4 is 10.0 Å². The van der Waals surface area contributed by atoms with Crippen molar-refractivity contribution in [2.75, 3.05) is 19.3 Å². The van der Waals surface area contributed by atoms with Gasteiger partial charge in [-0.05, 0) is 30.5 Å². The van der Waals surface area contributed by atoms with Crippen molar-refractivity contribution in [3.05, 3.63) is 66.0 Å². The Bertz CT molecular complexity index is 711. The summed E-state index contributed by atoms with van der Waals surface area (Å²) in [4.78, 5) is 4.47. The molecule has 0 amide bonds. The quantitative estimate of drug-likeness (QED) is 0.872. The third kappa shape index (κ3) is 4.01. The number of aromatic nitrogens is 1. The van der Waals surface area contributed by atoms with Gasteiger partial charge < -0.3 is 5.32 Å². The molecule has 0 unspecified atom stereocenters. The fourth-order valence-electron chi connectivity index (χ4n) is 3.29. The zero-order valence-electron chi connectivity index (χ0n) is 13.8. The highest BCUT2D eigenvalue weighted by atomic mass is 32.2. The third-order valence-corrected chi connectivity index (χ3v) is 5.76. The largest absolute Gasteiger partial charge is 0.303 e. The van der Waals surface area contributed by atoms with E-state index < -0.39 is 10.0 Å². The molecule has 1 saturated heterocycles. The standard InChI is InChI=1S/C18H23N3O2S/c1-24(22,23)21-13-7-10-16(21)14-20-18(15-8-3-2-4-9-15)17-11-5-6-12-19-17/h2-6,8-9,11-12,16,18,20H,7,10,13-14H2,1H3/t16-,18-/m1/s1. The molecule has 2 aromatic rings. The Labute approximate surface area is 143 Å². The van der Waals surface area contributed by atoms with E-state index in [4.69, 9.17) is 0 Å². The predicted octanol–water partition coefficient (Wildman–Crippen LogP) is 2.18. The van der Waals surface area contributed by atoms with Crippen LogP contribution < -0.4 is 5.32 Å². The van der Waals surface area contributed by atoms with E-state index in [9.17, 15) is 8.42 Å². The summed E-state index contributed by atoms with van der Waals surface area (Å²) in [5, 5.41) is 3.53. The van der Waals surface area contributed by atoms with Crippen LogP contribution in [0.25, 0.3) is 0 Å². The van der Waals surface area contributed by atoms with Crippen LogP contribution in [0.3, 0.4) is 0 Å². The van der Waals surface area contributed by atoms with Crippen LogP contribution in [0.4, 0.5) is 0 Å². The molecule has 5 nitrogen and oxygen atoms in total. The Morgan fingerprint density at radius 1 is 1.21 bits per heavy atom. The van der Waals surface area contributed by atoms with Gasteiger partial charge in [0.15, 0.2) is 0 Å². The summed E-state index contributed by atoms with van der Waals surface area (Å²) < 4.78 is 25.4. The molecular formula is C18H23N3O2S. The van der Waals surface area contributed by atoms with E-state index in [2.05, 4.69) is 22.4 Å². The van der Waals surface area contributed by atoms with Gasteiger partial charge in [0.2, 0.25) is 10.0 Å². The van der Waals surface area contributed by atoms with Gasteiger partial charge in [-0.3, -0.25) is 4.98 Å². The number of rotatable bonds is 6. The second-order valence-corrected chi connectivity index (χ2v) is 8.11. The Kier molecular flexibility index (Phi) is 5.28. The predicted molar refractivity (Wildman–Crippen MR) is 95.1 cm³/mol. The van der Waals surface area contributed by atoms with Gasteiger partial charge in [0.1, 0.15) is 0 Å². The fourth-order valence-corrected chi connectivity index (χ4v) is 4.47. The number of sulfonamides is 1. The number of hydrogen-bond donors (Lipinski definition) is 1. The van der Waals surface area contributed by atoms with Gasteiger partial charge in [0.05, 0.1) is 18.0 Å². The van der Waals surface area contributed by atoms with Crippen molar-refractivity contribution in [3.8, 4) is 0 Å². The van der Waals surface area contributed by atoms with E-state index in [1.165, 1.54) is 6.26 Å². The van der Waals surface area contributed by atoms with E-state index >= 15 is 0 Å². The molecule has 1 N–H and O–H groups in total. The second kappa shape index (κ2) is 7.42. The summed E-state index contributed by atoms with van der Waals surface area (Å²) in [6, 6.07) is 16.0. The van der Waals surface area contributed by atoms with Crippen molar-refractivity contribution in [1.29, 1.82) is 0 Å². The van der Waals surface area contributed by atoms with Crippen molar-refractivity contribution < 1.29 is 8.42 Å². The smallest absolute Gasteiger partial charge is 0.211 e. The summed E-state index contributed by atoms with van der Waals surface area (Å²) in [5.41, 5.74) is 2.06. The van der Waals surface area contributed by atoms with E-state index in [1.54, 1.807) is 10.5 Å². The highest BCUT2D eigenvalue weighted by Gasteiger charge is 2.31. The first-order chi connectivity index (χ1) is 11.6. The summed E-state index contributed by atoms with van der Waals surface area (Å²) in [6.07, 6.45) is 4.88. The third-order valence-electron chi connectivity index (χ3n) is 4.42.